The predicted octanol–water partition coefficient (Wildman–Crippen LogP) is 5.63. The van der Waals surface area contributed by atoms with E-state index < -0.39 is 8.07 Å². The molecule has 1 aromatic heterocycles. The highest BCUT2D eigenvalue weighted by molar-refractivity contribution is 6.89. The number of benzene rings is 1. The van der Waals surface area contributed by atoms with Crippen LogP contribution in [0.1, 0.15) is 58.2 Å². The van der Waals surface area contributed by atoms with Crippen molar-refractivity contribution in [3.05, 3.63) is 47.2 Å². The third kappa shape index (κ3) is 4.28. The lowest BCUT2D eigenvalue weighted by molar-refractivity contribution is -0.659. The molecule has 0 aliphatic heterocycles. The Hall–Kier alpha value is -1.41. The van der Waals surface area contributed by atoms with Gasteiger partial charge in [0.1, 0.15) is 7.05 Å². The molecule has 1 heterocycles. The molecule has 0 unspecified atom stereocenters. The topological polar surface area (TPSA) is 3.88 Å². The van der Waals surface area contributed by atoms with Gasteiger partial charge < -0.3 is 0 Å². The summed E-state index contributed by atoms with van der Waals surface area (Å²) in [6.07, 6.45) is 2.40. The summed E-state index contributed by atoms with van der Waals surface area (Å²) in [5, 5.41) is 1.57. The van der Waals surface area contributed by atoms with Crippen LogP contribution in [-0.4, -0.2) is 8.07 Å². The maximum atomic E-state index is 2.45. The van der Waals surface area contributed by atoms with Gasteiger partial charge in [-0.25, -0.2) is 4.57 Å². The van der Waals surface area contributed by atoms with Crippen LogP contribution in [0.5, 0.6) is 0 Å². The van der Waals surface area contributed by atoms with E-state index in [9.17, 15) is 0 Å². The van der Waals surface area contributed by atoms with Crippen LogP contribution in [0.15, 0.2) is 30.5 Å². The van der Waals surface area contributed by atoms with Crippen molar-refractivity contribution in [2.24, 2.45) is 7.05 Å². The molecule has 0 saturated heterocycles. The molecule has 0 radical (unpaired) electrons. The highest BCUT2D eigenvalue weighted by atomic mass is 28.3. The molecule has 0 amide bonds. The highest BCUT2D eigenvalue weighted by Crippen LogP contribution is 2.30. The van der Waals surface area contributed by atoms with Crippen LogP contribution in [0, 0.1) is 6.92 Å². The first-order valence-corrected chi connectivity index (χ1v) is 13.3. The van der Waals surface area contributed by atoms with Gasteiger partial charge in [-0.05, 0) is 40.5 Å². The largest absolute Gasteiger partial charge is 0.212 e. The van der Waals surface area contributed by atoms with Crippen molar-refractivity contribution in [3.8, 4) is 11.3 Å². The van der Waals surface area contributed by atoms with Crippen molar-refractivity contribution in [1.82, 2.24) is 0 Å². The predicted molar refractivity (Wildman–Crippen MR) is 118 cm³/mol. The summed E-state index contributed by atoms with van der Waals surface area (Å²) in [7, 11) is 0.786. The van der Waals surface area contributed by atoms with Gasteiger partial charge in [-0.1, -0.05) is 73.3 Å². The molecule has 26 heavy (non-hydrogen) atoms. The summed E-state index contributed by atoms with van der Waals surface area (Å²) in [6, 6.07) is 9.42. The van der Waals surface area contributed by atoms with E-state index in [0.717, 1.165) is 0 Å². The van der Waals surface area contributed by atoms with Gasteiger partial charge in [0.2, 0.25) is 5.69 Å². The molecule has 142 valence electrons. The Morgan fingerprint density at radius 3 is 1.85 bits per heavy atom. The molecule has 0 aliphatic rings. The van der Waals surface area contributed by atoms with Crippen LogP contribution in [0.25, 0.3) is 11.3 Å². The van der Waals surface area contributed by atoms with Crippen molar-refractivity contribution in [3.63, 3.8) is 0 Å². The standard InChI is InChI=1S/C24H38NSi/c1-17-14-18(23(2,3)4)12-13-19(17)21-15-20(24(5,6)7)22(16-25(21)8)26(9,10)11/h12-16H,1-11H3/q+1. The second kappa shape index (κ2) is 6.63. The van der Waals surface area contributed by atoms with Gasteiger partial charge in [0.25, 0.3) is 0 Å². The maximum absolute atomic E-state index is 2.45. The SMILES string of the molecule is Cc1cc(C(C)(C)C)ccc1-c1cc(C(C)(C)C)c([Si](C)(C)C)c[n+]1C. The summed E-state index contributed by atoms with van der Waals surface area (Å²) in [5.74, 6) is 0. The Kier molecular flexibility index (Phi) is 5.33. The van der Waals surface area contributed by atoms with E-state index in [2.05, 4.69) is 110 Å². The molecule has 0 atom stereocenters. The highest BCUT2D eigenvalue weighted by Gasteiger charge is 2.31. The van der Waals surface area contributed by atoms with E-state index in [0.29, 0.717) is 0 Å². The molecule has 0 spiro atoms. The van der Waals surface area contributed by atoms with E-state index in [1.54, 1.807) is 5.19 Å². The Morgan fingerprint density at radius 2 is 1.42 bits per heavy atom. The van der Waals surface area contributed by atoms with E-state index >= 15 is 0 Å². The van der Waals surface area contributed by atoms with Crippen LogP contribution in [0.4, 0.5) is 0 Å². The zero-order valence-electron chi connectivity index (χ0n) is 18.8. The molecular formula is C24H38NSi+. The minimum Gasteiger partial charge on any atom is -0.201 e. The third-order valence-electron chi connectivity index (χ3n) is 5.26. The van der Waals surface area contributed by atoms with Gasteiger partial charge in [-0.15, -0.1) is 0 Å². The molecule has 0 fully saturated rings. The van der Waals surface area contributed by atoms with E-state index in [1.807, 2.05) is 0 Å². The van der Waals surface area contributed by atoms with Crippen LogP contribution in [0.2, 0.25) is 19.6 Å². The van der Waals surface area contributed by atoms with Gasteiger partial charge in [-0.2, -0.15) is 0 Å². The average molecular weight is 369 g/mol. The van der Waals surface area contributed by atoms with Gasteiger partial charge >= 0.3 is 0 Å². The third-order valence-corrected chi connectivity index (χ3v) is 7.27. The molecule has 1 aromatic carbocycles. The van der Waals surface area contributed by atoms with Crippen LogP contribution >= 0.6 is 0 Å². The summed E-state index contributed by atoms with van der Waals surface area (Å²) in [4.78, 5) is 0. The molecular weight excluding hydrogens is 330 g/mol. The Bertz CT molecular complexity index is 812. The Morgan fingerprint density at radius 1 is 0.846 bits per heavy atom. The molecule has 0 saturated carbocycles. The lowest BCUT2D eigenvalue weighted by Gasteiger charge is -2.28. The summed E-state index contributed by atoms with van der Waals surface area (Å²) in [5.41, 5.74) is 7.25. The zero-order chi connectivity index (χ0) is 20.1. The minimum absolute atomic E-state index is 0.151. The lowest BCUT2D eigenvalue weighted by atomic mass is 9.84. The van der Waals surface area contributed by atoms with Crippen molar-refractivity contribution >= 4 is 13.3 Å². The number of pyridine rings is 1. The number of aromatic nitrogens is 1. The van der Waals surface area contributed by atoms with E-state index in [1.165, 1.54) is 27.9 Å². The number of nitrogens with zero attached hydrogens (tertiary/aromatic N) is 1. The van der Waals surface area contributed by atoms with Crippen molar-refractivity contribution in [2.75, 3.05) is 0 Å². The molecule has 2 aromatic rings. The number of rotatable bonds is 2. The number of hydrogen-bond donors (Lipinski definition) is 0. The van der Waals surface area contributed by atoms with E-state index in [4.69, 9.17) is 0 Å². The maximum Gasteiger partial charge on any atom is 0.212 e. The molecule has 1 nitrogen and oxygen atoms in total. The van der Waals surface area contributed by atoms with Crippen LogP contribution in [0.3, 0.4) is 0 Å². The number of aryl methyl sites for hydroxylation is 2. The molecule has 0 N–H and O–H groups in total. The lowest BCUT2D eigenvalue weighted by Crippen LogP contribution is -2.49. The van der Waals surface area contributed by atoms with Crippen LogP contribution in [-0.2, 0) is 17.9 Å². The van der Waals surface area contributed by atoms with Gasteiger partial charge in [0, 0.05) is 16.8 Å². The van der Waals surface area contributed by atoms with Crippen molar-refractivity contribution in [2.45, 2.75) is 78.9 Å². The zero-order valence-corrected chi connectivity index (χ0v) is 19.8. The fourth-order valence-corrected chi connectivity index (χ4v) is 5.39. The first kappa shape index (κ1) is 20.9. The van der Waals surface area contributed by atoms with Crippen molar-refractivity contribution in [1.29, 1.82) is 0 Å². The van der Waals surface area contributed by atoms with Crippen LogP contribution < -0.4 is 9.75 Å². The molecule has 0 bridgehead atoms. The Balaban J connectivity index is 2.72. The summed E-state index contributed by atoms with van der Waals surface area (Å²) >= 11 is 0. The normalized spacial score (nSPS) is 13.2. The van der Waals surface area contributed by atoms with Gasteiger partial charge in [0.15, 0.2) is 6.20 Å². The van der Waals surface area contributed by atoms with Gasteiger partial charge in [-0.3, -0.25) is 0 Å². The minimum atomic E-state index is -1.41. The Labute approximate surface area is 162 Å². The average Bonchev–Trinajstić information content (AvgIpc) is 2.44. The quantitative estimate of drug-likeness (QED) is 0.478. The second-order valence-corrected chi connectivity index (χ2v) is 15.9. The summed E-state index contributed by atoms with van der Waals surface area (Å²) in [6.45, 7) is 23.4. The van der Waals surface area contributed by atoms with Gasteiger partial charge in [0.05, 0.1) is 8.07 Å². The number of hydrogen-bond acceptors (Lipinski definition) is 0. The monoisotopic (exact) mass is 368 g/mol. The van der Waals surface area contributed by atoms with Crippen molar-refractivity contribution < 1.29 is 4.57 Å². The fraction of sp³-hybridized carbons (Fsp3) is 0.542. The smallest absolute Gasteiger partial charge is 0.201 e. The first-order valence-electron chi connectivity index (χ1n) is 9.78. The summed E-state index contributed by atoms with van der Waals surface area (Å²) < 4.78 is 2.34. The van der Waals surface area contributed by atoms with E-state index in [-0.39, 0.29) is 10.8 Å². The fourth-order valence-electron chi connectivity index (χ4n) is 3.55. The molecule has 2 rings (SSSR count). The molecule has 0 aliphatic carbocycles. The molecule has 2 heteroatoms. The first-order chi connectivity index (χ1) is 11.6. The second-order valence-electron chi connectivity index (χ2n) is 10.9.